The molecule has 0 aliphatic rings. The molecule has 0 radical (unpaired) electrons. The number of hydrogen-bond acceptors (Lipinski definition) is 7. The number of sulfonamides is 1. The van der Waals surface area contributed by atoms with E-state index in [2.05, 4.69) is 4.72 Å². The van der Waals surface area contributed by atoms with E-state index >= 15 is 0 Å². The molecule has 202 valence electrons. The van der Waals surface area contributed by atoms with Gasteiger partial charge in [-0.3, -0.25) is 4.79 Å². The molecule has 1 aromatic heterocycles. The summed E-state index contributed by atoms with van der Waals surface area (Å²) in [4.78, 5) is 37.0. The van der Waals surface area contributed by atoms with Gasteiger partial charge in [-0.15, -0.1) is 0 Å². The number of aryl methyl sites for hydroxylation is 1. The number of carbonyl (C=O) groups is 3. The number of carbonyl (C=O) groups excluding carboxylic acids is 3. The van der Waals surface area contributed by atoms with Gasteiger partial charge in [-0.25, -0.2) is 22.7 Å². The van der Waals surface area contributed by atoms with Crippen LogP contribution in [0.4, 0.5) is 0 Å². The number of methoxy groups -OCH3 is 1. The molecule has 9 nitrogen and oxygen atoms in total. The number of ketones is 1. The second kappa shape index (κ2) is 11.1. The summed E-state index contributed by atoms with van der Waals surface area (Å²) in [5.41, 5.74) is 2.07. The van der Waals surface area contributed by atoms with Gasteiger partial charge in [0.25, 0.3) is 0 Å². The van der Waals surface area contributed by atoms with E-state index in [1.807, 2.05) is 11.5 Å². The van der Waals surface area contributed by atoms with Crippen molar-refractivity contribution in [2.24, 2.45) is 0 Å². The molecule has 1 N–H and O–H groups in total. The van der Waals surface area contributed by atoms with Crippen molar-refractivity contribution in [1.82, 2.24) is 9.29 Å². The number of rotatable bonds is 8. The molecule has 0 aliphatic heterocycles. The van der Waals surface area contributed by atoms with Crippen molar-refractivity contribution in [1.29, 1.82) is 0 Å². The highest BCUT2D eigenvalue weighted by atomic mass is 35.5. The average molecular weight is 561 g/mol. The van der Waals surface area contributed by atoms with E-state index in [9.17, 15) is 22.8 Å². The number of nitrogens with one attached hydrogen (secondary N) is 1. The maximum absolute atomic E-state index is 12.9. The van der Waals surface area contributed by atoms with Gasteiger partial charge in [0.2, 0.25) is 15.8 Å². The SMILES string of the molecule is COC(=O)c1ccc(-n2c(C)cc(C(=O)COC(=O)c3ccc(Cl)c(S(=O)(=O)NC(C)(C)C)c3)c2C)cc1. The molecule has 1 heterocycles. The fraction of sp³-hybridized carbons (Fsp3) is 0.296. The third-order valence-electron chi connectivity index (χ3n) is 5.51. The molecule has 0 saturated carbocycles. The number of hydrogen-bond donors (Lipinski definition) is 1. The van der Waals surface area contributed by atoms with E-state index in [0.29, 0.717) is 16.8 Å². The molecule has 0 unspecified atom stereocenters. The normalized spacial score (nSPS) is 11.8. The summed E-state index contributed by atoms with van der Waals surface area (Å²) in [5.74, 6) is -1.75. The van der Waals surface area contributed by atoms with Crippen LogP contribution in [0.3, 0.4) is 0 Å². The van der Waals surface area contributed by atoms with Crippen molar-refractivity contribution in [3.05, 3.63) is 81.6 Å². The predicted molar refractivity (Wildman–Crippen MR) is 143 cm³/mol. The Bertz CT molecular complexity index is 1500. The highest BCUT2D eigenvalue weighted by Gasteiger charge is 2.26. The highest BCUT2D eigenvalue weighted by molar-refractivity contribution is 7.89. The van der Waals surface area contributed by atoms with Gasteiger partial charge in [0.1, 0.15) is 4.90 Å². The van der Waals surface area contributed by atoms with Crippen molar-refractivity contribution in [2.45, 2.75) is 45.1 Å². The van der Waals surface area contributed by atoms with Gasteiger partial charge in [-0.1, -0.05) is 11.6 Å². The first-order chi connectivity index (χ1) is 17.6. The number of Topliss-reactive ketones (excluding diaryl/α,β-unsaturated/α-hetero) is 1. The molecule has 0 bridgehead atoms. The van der Waals surface area contributed by atoms with Gasteiger partial charge >= 0.3 is 11.9 Å². The van der Waals surface area contributed by atoms with Gasteiger partial charge in [0, 0.05) is 28.2 Å². The molecule has 0 fully saturated rings. The minimum atomic E-state index is -4.01. The van der Waals surface area contributed by atoms with Crippen molar-refractivity contribution >= 4 is 39.3 Å². The molecule has 0 atom stereocenters. The molecule has 2 aromatic carbocycles. The molecule has 11 heteroatoms. The van der Waals surface area contributed by atoms with Crippen LogP contribution in [0, 0.1) is 13.8 Å². The molecule has 3 aromatic rings. The van der Waals surface area contributed by atoms with Crippen LogP contribution in [-0.4, -0.2) is 50.0 Å². The summed E-state index contributed by atoms with van der Waals surface area (Å²) in [5, 5.41) is -0.0542. The van der Waals surface area contributed by atoms with Crippen LogP contribution in [0.5, 0.6) is 0 Å². The maximum Gasteiger partial charge on any atom is 0.338 e. The summed E-state index contributed by atoms with van der Waals surface area (Å²) >= 11 is 6.09. The van der Waals surface area contributed by atoms with Crippen LogP contribution in [0.1, 0.15) is 63.2 Å². The van der Waals surface area contributed by atoms with E-state index in [0.717, 1.165) is 17.4 Å². The Labute approximate surface area is 226 Å². The van der Waals surface area contributed by atoms with Gasteiger partial charge in [0.15, 0.2) is 6.61 Å². The summed E-state index contributed by atoms with van der Waals surface area (Å²) in [7, 11) is -2.70. The lowest BCUT2D eigenvalue weighted by atomic mass is 10.1. The third kappa shape index (κ3) is 6.50. The van der Waals surface area contributed by atoms with Crippen LogP contribution in [0.15, 0.2) is 53.4 Å². The maximum atomic E-state index is 12.9. The summed E-state index contributed by atoms with van der Waals surface area (Å²) < 4.78 is 39.7. The number of benzene rings is 2. The van der Waals surface area contributed by atoms with Crippen molar-refractivity contribution in [3.8, 4) is 5.69 Å². The quantitative estimate of drug-likeness (QED) is 0.314. The fourth-order valence-corrected chi connectivity index (χ4v) is 5.84. The minimum absolute atomic E-state index is 0.0542. The van der Waals surface area contributed by atoms with Gasteiger partial charge in [-0.05, 0) is 83.1 Å². The Morgan fingerprint density at radius 2 is 1.55 bits per heavy atom. The van der Waals surface area contributed by atoms with E-state index in [1.54, 1.807) is 58.0 Å². The number of halogens is 1. The Morgan fingerprint density at radius 1 is 0.947 bits per heavy atom. The second-order valence-corrected chi connectivity index (χ2v) is 11.7. The largest absolute Gasteiger partial charge is 0.465 e. The van der Waals surface area contributed by atoms with Crippen LogP contribution < -0.4 is 4.72 Å². The monoisotopic (exact) mass is 560 g/mol. The molecule has 0 aliphatic carbocycles. The van der Waals surface area contributed by atoms with Crippen LogP contribution in [0.25, 0.3) is 5.69 Å². The average Bonchev–Trinajstić information content (AvgIpc) is 3.14. The lowest BCUT2D eigenvalue weighted by Crippen LogP contribution is -2.40. The smallest absolute Gasteiger partial charge is 0.338 e. The van der Waals surface area contributed by atoms with Gasteiger partial charge in [0.05, 0.1) is 23.3 Å². The summed E-state index contributed by atoms with van der Waals surface area (Å²) in [6, 6.07) is 12.1. The van der Waals surface area contributed by atoms with Crippen molar-refractivity contribution in [2.75, 3.05) is 13.7 Å². The number of ether oxygens (including phenoxy) is 2. The molecule has 0 amide bonds. The number of esters is 2. The number of aromatic nitrogens is 1. The molecule has 3 rings (SSSR count). The summed E-state index contributed by atoms with van der Waals surface area (Å²) in [6.07, 6.45) is 0. The zero-order valence-corrected chi connectivity index (χ0v) is 23.5. The third-order valence-corrected chi connectivity index (χ3v) is 7.75. The Hall–Kier alpha value is -3.47. The van der Waals surface area contributed by atoms with Crippen molar-refractivity contribution in [3.63, 3.8) is 0 Å². The van der Waals surface area contributed by atoms with Gasteiger partial charge in [-0.2, -0.15) is 0 Å². The van der Waals surface area contributed by atoms with E-state index in [4.69, 9.17) is 21.1 Å². The molecule has 0 saturated heterocycles. The topological polar surface area (TPSA) is 121 Å². The van der Waals surface area contributed by atoms with Crippen LogP contribution in [0.2, 0.25) is 5.02 Å². The zero-order valence-electron chi connectivity index (χ0n) is 21.9. The van der Waals surface area contributed by atoms with E-state index in [1.165, 1.54) is 19.2 Å². The van der Waals surface area contributed by atoms with E-state index < -0.39 is 39.9 Å². The zero-order chi connectivity index (χ0) is 28.4. The Balaban J connectivity index is 1.77. The Kier molecular flexibility index (Phi) is 8.50. The van der Waals surface area contributed by atoms with Crippen LogP contribution >= 0.6 is 11.6 Å². The lowest BCUT2D eigenvalue weighted by molar-refractivity contribution is 0.0474. The Morgan fingerprint density at radius 3 is 2.13 bits per heavy atom. The van der Waals surface area contributed by atoms with Crippen molar-refractivity contribution < 1.29 is 32.3 Å². The fourth-order valence-electron chi connectivity index (χ4n) is 3.89. The van der Waals surface area contributed by atoms with E-state index in [-0.39, 0.29) is 15.5 Å². The minimum Gasteiger partial charge on any atom is -0.465 e. The molecular formula is C27H29ClN2O7S. The first kappa shape index (κ1) is 29.1. The second-order valence-electron chi connectivity index (χ2n) is 9.66. The predicted octanol–water partition coefficient (Wildman–Crippen LogP) is 4.65. The molecule has 38 heavy (non-hydrogen) atoms. The lowest BCUT2D eigenvalue weighted by Gasteiger charge is -2.21. The first-order valence-corrected chi connectivity index (χ1v) is 13.4. The standard InChI is InChI=1S/C27H29ClN2O7S/c1-16-13-21(17(2)30(16)20-10-7-18(8-11-20)25(32)36-6)23(31)15-37-26(33)19-9-12-22(28)24(14-19)38(34,35)29-27(3,4)5/h7-14,29H,15H2,1-6H3. The summed E-state index contributed by atoms with van der Waals surface area (Å²) in [6.45, 7) is 8.07. The molecule has 0 spiro atoms. The van der Waals surface area contributed by atoms with Gasteiger partial charge < -0.3 is 14.0 Å². The highest BCUT2D eigenvalue weighted by Crippen LogP contribution is 2.25. The van der Waals surface area contributed by atoms with Crippen LogP contribution in [-0.2, 0) is 19.5 Å². The molecular weight excluding hydrogens is 532 g/mol. The first-order valence-electron chi connectivity index (χ1n) is 11.6. The number of nitrogens with zero attached hydrogens (tertiary/aromatic N) is 1.